The van der Waals surface area contributed by atoms with E-state index in [2.05, 4.69) is 10.2 Å². The van der Waals surface area contributed by atoms with Crippen LogP contribution in [0, 0.1) is 0 Å². The van der Waals surface area contributed by atoms with Crippen molar-refractivity contribution in [2.45, 2.75) is 26.4 Å². The molecule has 1 aromatic rings. The van der Waals surface area contributed by atoms with E-state index in [1.165, 1.54) is 6.07 Å². The van der Waals surface area contributed by atoms with Crippen LogP contribution in [0.3, 0.4) is 0 Å². The van der Waals surface area contributed by atoms with Crippen molar-refractivity contribution in [1.29, 1.82) is 0 Å². The molecule has 0 saturated carbocycles. The summed E-state index contributed by atoms with van der Waals surface area (Å²) in [4.78, 5) is 13.8. The molecule has 4 nitrogen and oxygen atoms in total. The third kappa shape index (κ3) is 5.26. The molecule has 0 heterocycles. The largest absolute Gasteiger partial charge is 0.416 e. The number of nitrogens with two attached hydrogens (primary N) is 1. The number of benzene rings is 1. The average molecular weight is 303 g/mol. The van der Waals surface area contributed by atoms with Crippen LogP contribution in [0.15, 0.2) is 18.2 Å². The molecule has 0 radical (unpaired) electrons. The van der Waals surface area contributed by atoms with Crippen LogP contribution in [0.1, 0.15) is 25.8 Å². The summed E-state index contributed by atoms with van der Waals surface area (Å²) in [5.41, 5.74) is 4.82. The highest BCUT2D eigenvalue weighted by atomic mass is 19.4. The predicted octanol–water partition coefficient (Wildman–Crippen LogP) is 2.96. The molecule has 0 saturated heterocycles. The molecule has 0 unspecified atom stereocenters. The van der Waals surface area contributed by atoms with Crippen LogP contribution in [0.25, 0.3) is 0 Å². The van der Waals surface area contributed by atoms with Crippen LogP contribution in [-0.4, -0.2) is 30.4 Å². The molecule has 1 rings (SSSR count). The van der Waals surface area contributed by atoms with E-state index in [0.29, 0.717) is 6.54 Å². The monoisotopic (exact) mass is 303 g/mol. The Labute approximate surface area is 122 Å². The van der Waals surface area contributed by atoms with Gasteiger partial charge < -0.3 is 16.0 Å². The second kappa shape index (κ2) is 7.31. The van der Waals surface area contributed by atoms with Crippen LogP contribution in [-0.2, 0) is 11.0 Å². The van der Waals surface area contributed by atoms with Gasteiger partial charge in [0, 0.05) is 13.0 Å². The standard InChI is InChI=1S/C14H20F3N3O/c1-3-20(4-2)8-7-13(21)19-12-6-5-10(9-11(12)18)14(15,16)17/h5-6,9H,3-4,7-8,18H2,1-2H3,(H,19,21). The van der Waals surface area contributed by atoms with Gasteiger partial charge in [0.1, 0.15) is 0 Å². The minimum atomic E-state index is -4.45. The maximum absolute atomic E-state index is 12.5. The lowest BCUT2D eigenvalue weighted by atomic mass is 10.1. The van der Waals surface area contributed by atoms with E-state index in [-0.39, 0.29) is 23.7 Å². The number of anilines is 2. The number of hydrogen-bond acceptors (Lipinski definition) is 3. The lowest BCUT2D eigenvalue weighted by Crippen LogP contribution is -2.27. The molecule has 21 heavy (non-hydrogen) atoms. The fourth-order valence-electron chi connectivity index (χ4n) is 1.87. The summed E-state index contributed by atoms with van der Waals surface area (Å²) in [5, 5.41) is 2.53. The molecule has 3 N–H and O–H groups in total. The van der Waals surface area contributed by atoms with Crippen molar-refractivity contribution in [1.82, 2.24) is 4.90 Å². The lowest BCUT2D eigenvalue weighted by molar-refractivity contribution is -0.137. The number of carbonyl (C=O) groups is 1. The Bertz CT molecular complexity index is 485. The molecular weight excluding hydrogens is 283 g/mol. The van der Waals surface area contributed by atoms with Gasteiger partial charge >= 0.3 is 6.18 Å². The molecule has 1 aromatic carbocycles. The van der Waals surface area contributed by atoms with E-state index in [1.54, 1.807) is 0 Å². The van der Waals surface area contributed by atoms with Gasteiger partial charge in [-0.3, -0.25) is 4.79 Å². The zero-order chi connectivity index (χ0) is 16.0. The van der Waals surface area contributed by atoms with Gasteiger partial charge in [0.2, 0.25) is 5.91 Å². The molecule has 0 atom stereocenters. The zero-order valence-corrected chi connectivity index (χ0v) is 12.1. The number of halogens is 3. The van der Waals surface area contributed by atoms with Crippen LogP contribution >= 0.6 is 0 Å². The molecule has 0 fully saturated rings. The Hall–Kier alpha value is -1.76. The molecule has 0 spiro atoms. The SMILES string of the molecule is CCN(CC)CCC(=O)Nc1ccc(C(F)(F)F)cc1N. The first-order chi connectivity index (χ1) is 9.77. The second-order valence-electron chi connectivity index (χ2n) is 4.62. The van der Waals surface area contributed by atoms with Gasteiger partial charge in [-0.15, -0.1) is 0 Å². The number of nitrogens with zero attached hydrogens (tertiary/aromatic N) is 1. The van der Waals surface area contributed by atoms with Gasteiger partial charge in [-0.25, -0.2) is 0 Å². The van der Waals surface area contributed by atoms with E-state index in [9.17, 15) is 18.0 Å². The molecule has 118 valence electrons. The summed E-state index contributed by atoms with van der Waals surface area (Å²) in [6, 6.07) is 2.89. The molecule has 0 aliphatic heterocycles. The molecular formula is C14H20F3N3O. The van der Waals surface area contributed by atoms with Crippen LogP contribution < -0.4 is 11.1 Å². The quantitative estimate of drug-likeness (QED) is 0.794. The number of carbonyl (C=O) groups excluding carboxylic acids is 1. The highest BCUT2D eigenvalue weighted by molar-refractivity contribution is 5.94. The number of rotatable bonds is 6. The average Bonchev–Trinajstić information content (AvgIpc) is 2.41. The molecule has 1 amide bonds. The Morgan fingerprint density at radius 3 is 2.38 bits per heavy atom. The number of nitrogen functional groups attached to an aromatic ring is 1. The predicted molar refractivity (Wildman–Crippen MR) is 76.9 cm³/mol. The third-order valence-corrected chi connectivity index (χ3v) is 3.20. The summed E-state index contributed by atoms with van der Waals surface area (Å²) >= 11 is 0. The zero-order valence-electron chi connectivity index (χ0n) is 12.1. The van der Waals surface area contributed by atoms with E-state index in [4.69, 9.17) is 5.73 Å². The fraction of sp³-hybridized carbons (Fsp3) is 0.500. The van der Waals surface area contributed by atoms with E-state index in [0.717, 1.165) is 25.2 Å². The first-order valence-corrected chi connectivity index (χ1v) is 6.76. The summed E-state index contributed by atoms with van der Waals surface area (Å²) in [6.45, 7) is 6.27. The van der Waals surface area contributed by atoms with E-state index >= 15 is 0 Å². The van der Waals surface area contributed by atoms with Crippen molar-refractivity contribution in [3.05, 3.63) is 23.8 Å². The Balaban J connectivity index is 2.65. The fourth-order valence-corrected chi connectivity index (χ4v) is 1.87. The first-order valence-electron chi connectivity index (χ1n) is 6.76. The number of alkyl halides is 3. The van der Waals surface area contributed by atoms with Crippen LogP contribution in [0.5, 0.6) is 0 Å². The minimum absolute atomic E-state index is 0.0963. The maximum atomic E-state index is 12.5. The van der Waals surface area contributed by atoms with Crippen molar-refractivity contribution < 1.29 is 18.0 Å². The Morgan fingerprint density at radius 1 is 1.29 bits per heavy atom. The van der Waals surface area contributed by atoms with Crippen molar-refractivity contribution in [2.24, 2.45) is 0 Å². The van der Waals surface area contributed by atoms with Gasteiger partial charge in [0.25, 0.3) is 0 Å². The summed E-state index contributed by atoms with van der Waals surface area (Å²) in [6.07, 6.45) is -4.18. The number of nitrogens with one attached hydrogen (secondary N) is 1. The van der Waals surface area contributed by atoms with E-state index in [1.807, 2.05) is 13.8 Å². The molecule has 0 aliphatic carbocycles. The minimum Gasteiger partial charge on any atom is -0.397 e. The van der Waals surface area contributed by atoms with Crippen molar-refractivity contribution in [2.75, 3.05) is 30.7 Å². The maximum Gasteiger partial charge on any atom is 0.416 e. The van der Waals surface area contributed by atoms with Crippen molar-refractivity contribution in [3.8, 4) is 0 Å². The van der Waals surface area contributed by atoms with Crippen molar-refractivity contribution >= 4 is 17.3 Å². The third-order valence-electron chi connectivity index (χ3n) is 3.20. The highest BCUT2D eigenvalue weighted by Gasteiger charge is 2.30. The summed E-state index contributed by atoms with van der Waals surface area (Å²) in [5.74, 6) is -0.270. The van der Waals surface area contributed by atoms with Crippen LogP contribution in [0.2, 0.25) is 0 Å². The Kier molecular flexibility index (Phi) is 6.02. The summed E-state index contributed by atoms with van der Waals surface area (Å²) < 4.78 is 37.5. The van der Waals surface area contributed by atoms with Gasteiger partial charge in [-0.2, -0.15) is 13.2 Å². The second-order valence-corrected chi connectivity index (χ2v) is 4.62. The Morgan fingerprint density at radius 2 is 1.90 bits per heavy atom. The van der Waals surface area contributed by atoms with E-state index < -0.39 is 11.7 Å². The molecule has 0 aliphatic rings. The van der Waals surface area contributed by atoms with Crippen molar-refractivity contribution in [3.63, 3.8) is 0 Å². The number of amides is 1. The lowest BCUT2D eigenvalue weighted by Gasteiger charge is -2.17. The van der Waals surface area contributed by atoms with Crippen LogP contribution in [0.4, 0.5) is 24.5 Å². The van der Waals surface area contributed by atoms with Gasteiger partial charge in [0.05, 0.1) is 16.9 Å². The number of hydrogen-bond donors (Lipinski definition) is 2. The highest BCUT2D eigenvalue weighted by Crippen LogP contribution is 2.32. The van der Waals surface area contributed by atoms with Gasteiger partial charge in [0.15, 0.2) is 0 Å². The molecule has 7 heteroatoms. The summed E-state index contributed by atoms with van der Waals surface area (Å²) in [7, 11) is 0. The molecule has 0 bridgehead atoms. The van der Waals surface area contributed by atoms with Gasteiger partial charge in [-0.05, 0) is 31.3 Å². The smallest absolute Gasteiger partial charge is 0.397 e. The van der Waals surface area contributed by atoms with Gasteiger partial charge in [-0.1, -0.05) is 13.8 Å². The molecule has 0 aromatic heterocycles. The topological polar surface area (TPSA) is 58.4 Å². The first kappa shape index (κ1) is 17.3. The normalized spacial score (nSPS) is 11.7.